The van der Waals surface area contributed by atoms with E-state index in [1.807, 2.05) is 0 Å². The van der Waals surface area contributed by atoms with Gasteiger partial charge in [-0.3, -0.25) is 0 Å². The number of aryl methyl sites for hydroxylation is 2. The molecular formula is C52H37N. The SMILES string of the molecule is Cc1ccc(N(c2ccc(C)cc2)c2c3ccccc3c(-c3ccc4c(c3)-c3ccccc3-c3ccccc3-c3ccccc3-4)c3ccccc23)cc1. The van der Waals surface area contributed by atoms with E-state index in [2.05, 4.69) is 207 Å². The van der Waals surface area contributed by atoms with Gasteiger partial charge in [0.25, 0.3) is 0 Å². The van der Waals surface area contributed by atoms with Crippen molar-refractivity contribution >= 4 is 38.6 Å². The smallest absolute Gasteiger partial charge is 0.0618 e. The van der Waals surface area contributed by atoms with Crippen molar-refractivity contribution in [3.05, 3.63) is 199 Å². The Morgan fingerprint density at radius 3 is 1.06 bits per heavy atom. The molecule has 0 amide bonds. The molecule has 1 aliphatic rings. The lowest BCUT2D eigenvalue weighted by atomic mass is 9.79. The Hall–Kier alpha value is -6.70. The lowest BCUT2D eigenvalue weighted by Gasteiger charge is -2.30. The van der Waals surface area contributed by atoms with Gasteiger partial charge in [0.15, 0.2) is 0 Å². The summed E-state index contributed by atoms with van der Waals surface area (Å²) in [6, 6.07) is 69.5. The first kappa shape index (κ1) is 31.1. The van der Waals surface area contributed by atoms with Gasteiger partial charge in [0, 0.05) is 22.1 Å². The molecule has 0 spiro atoms. The third kappa shape index (κ3) is 5.08. The van der Waals surface area contributed by atoms with E-state index >= 15 is 0 Å². The molecule has 0 saturated heterocycles. The summed E-state index contributed by atoms with van der Waals surface area (Å²) in [5.41, 5.74) is 18.5. The maximum absolute atomic E-state index is 2.45. The van der Waals surface area contributed by atoms with E-state index in [0.29, 0.717) is 0 Å². The second-order valence-electron chi connectivity index (χ2n) is 14.2. The fourth-order valence-corrected chi connectivity index (χ4v) is 8.47. The molecule has 0 bridgehead atoms. The minimum absolute atomic E-state index is 1.14. The minimum atomic E-state index is 1.14. The van der Waals surface area contributed by atoms with E-state index in [9.17, 15) is 0 Å². The van der Waals surface area contributed by atoms with Crippen molar-refractivity contribution in [2.75, 3.05) is 4.90 Å². The number of rotatable bonds is 4. The highest BCUT2D eigenvalue weighted by atomic mass is 15.1. The molecule has 0 heterocycles. The molecule has 9 aromatic carbocycles. The van der Waals surface area contributed by atoms with Gasteiger partial charge < -0.3 is 4.90 Å². The van der Waals surface area contributed by atoms with Crippen molar-refractivity contribution in [2.24, 2.45) is 0 Å². The minimum Gasteiger partial charge on any atom is -0.309 e. The molecule has 53 heavy (non-hydrogen) atoms. The maximum atomic E-state index is 2.45. The van der Waals surface area contributed by atoms with E-state index in [-0.39, 0.29) is 0 Å². The molecule has 0 saturated carbocycles. The fraction of sp³-hybridized carbons (Fsp3) is 0.0385. The summed E-state index contributed by atoms with van der Waals surface area (Å²) < 4.78 is 0. The topological polar surface area (TPSA) is 3.24 Å². The maximum Gasteiger partial charge on any atom is 0.0618 e. The molecule has 10 rings (SSSR count). The van der Waals surface area contributed by atoms with Gasteiger partial charge in [-0.2, -0.15) is 0 Å². The number of anilines is 3. The van der Waals surface area contributed by atoms with E-state index < -0.39 is 0 Å². The van der Waals surface area contributed by atoms with E-state index in [1.54, 1.807) is 0 Å². The Morgan fingerprint density at radius 2 is 0.642 bits per heavy atom. The lowest BCUT2D eigenvalue weighted by molar-refractivity contribution is 1.29. The Balaban J connectivity index is 1.28. The van der Waals surface area contributed by atoms with Crippen molar-refractivity contribution < 1.29 is 0 Å². The molecule has 1 aliphatic carbocycles. The van der Waals surface area contributed by atoms with Gasteiger partial charge in [-0.15, -0.1) is 0 Å². The van der Waals surface area contributed by atoms with Crippen LogP contribution in [0.2, 0.25) is 0 Å². The van der Waals surface area contributed by atoms with Gasteiger partial charge >= 0.3 is 0 Å². The van der Waals surface area contributed by atoms with Crippen LogP contribution in [-0.4, -0.2) is 0 Å². The quantitative estimate of drug-likeness (QED) is 0.168. The van der Waals surface area contributed by atoms with Crippen LogP contribution in [0.15, 0.2) is 188 Å². The van der Waals surface area contributed by atoms with Crippen LogP contribution in [0.1, 0.15) is 11.1 Å². The van der Waals surface area contributed by atoms with Crippen molar-refractivity contribution in [3.8, 4) is 55.6 Å². The first-order valence-electron chi connectivity index (χ1n) is 18.4. The molecule has 9 aromatic rings. The number of benzene rings is 9. The van der Waals surface area contributed by atoms with E-state index in [1.165, 1.54) is 94.0 Å². The van der Waals surface area contributed by atoms with Crippen molar-refractivity contribution in [3.63, 3.8) is 0 Å². The van der Waals surface area contributed by atoms with Gasteiger partial charge in [0.2, 0.25) is 0 Å². The number of hydrogen-bond donors (Lipinski definition) is 0. The van der Waals surface area contributed by atoms with Crippen molar-refractivity contribution in [1.29, 1.82) is 0 Å². The molecule has 0 unspecified atom stereocenters. The molecule has 0 radical (unpaired) electrons. The van der Waals surface area contributed by atoms with Crippen molar-refractivity contribution in [1.82, 2.24) is 0 Å². The predicted octanol–water partition coefficient (Wildman–Crippen LogP) is 14.7. The summed E-state index contributed by atoms with van der Waals surface area (Å²) in [4.78, 5) is 2.44. The second-order valence-corrected chi connectivity index (χ2v) is 14.2. The van der Waals surface area contributed by atoms with Gasteiger partial charge in [-0.25, -0.2) is 0 Å². The number of nitrogens with zero attached hydrogens (tertiary/aromatic N) is 1. The first-order valence-corrected chi connectivity index (χ1v) is 18.4. The molecule has 0 atom stereocenters. The molecule has 0 aliphatic heterocycles. The van der Waals surface area contributed by atoms with Crippen LogP contribution in [0.25, 0.3) is 77.2 Å². The summed E-state index contributed by atoms with van der Waals surface area (Å²) in [5, 5.41) is 4.90. The van der Waals surface area contributed by atoms with Crippen molar-refractivity contribution in [2.45, 2.75) is 13.8 Å². The third-order valence-electron chi connectivity index (χ3n) is 11.0. The summed E-state index contributed by atoms with van der Waals surface area (Å²) >= 11 is 0. The van der Waals surface area contributed by atoms with Crippen LogP contribution in [0.3, 0.4) is 0 Å². The number of fused-ring (bicyclic) bond motifs is 10. The molecular weight excluding hydrogens is 639 g/mol. The Kier molecular flexibility index (Phi) is 7.33. The molecule has 0 aromatic heterocycles. The average molecular weight is 676 g/mol. The van der Waals surface area contributed by atoms with Crippen LogP contribution in [-0.2, 0) is 0 Å². The summed E-state index contributed by atoms with van der Waals surface area (Å²) in [5.74, 6) is 0. The van der Waals surface area contributed by atoms with Gasteiger partial charge in [-0.1, -0.05) is 169 Å². The first-order chi connectivity index (χ1) is 26.1. The Labute approximate surface area is 311 Å². The van der Waals surface area contributed by atoms with Crippen LogP contribution in [0.5, 0.6) is 0 Å². The zero-order valence-corrected chi connectivity index (χ0v) is 29.8. The average Bonchev–Trinajstić information content (AvgIpc) is 3.21. The van der Waals surface area contributed by atoms with Gasteiger partial charge in [0.1, 0.15) is 0 Å². The zero-order valence-electron chi connectivity index (χ0n) is 29.8. The predicted molar refractivity (Wildman–Crippen MR) is 226 cm³/mol. The molecule has 1 nitrogen and oxygen atoms in total. The van der Waals surface area contributed by atoms with Crippen LogP contribution in [0, 0.1) is 13.8 Å². The summed E-state index contributed by atoms with van der Waals surface area (Å²) in [6.45, 7) is 4.30. The van der Waals surface area contributed by atoms with Crippen LogP contribution >= 0.6 is 0 Å². The second kappa shape index (κ2) is 12.5. The molecule has 1 heteroatoms. The standard InChI is InChI=1S/C52H37N/c1-34-23-28-37(29-24-34)53(38-30-25-35(2)26-31-38)52-48-21-11-9-19-46(48)51(47-20-10-12-22-49(47)52)36-27-32-45-43-17-6-5-15-41(43)39-13-3-4-14-40(39)42-16-7-8-18-44(42)50(45)33-36/h3-33H,1-2H3. The van der Waals surface area contributed by atoms with Crippen LogP contribution < -0.4 is 4.90 Å². The summed E-state index contributed by atoms with van der Waals surface area (Å²) in [6.07, 6.45) is 0. The largest absolute Gasteiger partial charge is 0.309 e. The lowest BCUT2D eigenvalue weighted by Crippen LogP contribution is -2.11. The fourth-order valence-electron chi connectivity index (χ4n) is 8.47. The third-order valence-corrected chi connectivity index (χ3v) is 11.0. The molecule has 250 valence electrons. The highest BCUT2D eigenvalue weighted by molar-refractivity contribution is 6.22. The Bertz CT molecular complexity index is 2730. The molecule has 0 fully saturated rings. The highest BCUT2D eigenvalue weighted by Gasteiger charge is 2.25. The summed E-state index contributed by atoms with van der Waals surface area (Å²) in [7, 11) is 0. The Morgan fingerprint density at radius 1 is 0.302 bits per heavy atom. The normalized spacial score (nSPS) is 11.6. The van der Waals surface area contributed by atoms with Crippen LogP contribution in [0.4, 0.5) is 17.1 Å². The zero-order chi connectivity index (χ0) is 35.5. The molecule has 0 N–H and O–H groups in total. The highest BCUT2D eigenvalue weighted by Crippen LogP contribution is 2.51. The van der Waals surface area contributed by atoms with E-state index in [4.69, 9.17) is 0 Å². The van der Waals surface area contributed by atoms with Gasteiger partial charge in [0.05, 0.1) is 5.69 Å². The van der Waals surface area contributed by atoms with E-state index in [0.717, 1.165) is 11.4 Å². The monoisotopic (exact) mass is 675 g/mol. The number of hydrogen-bond acceptors (Lipinski definition) is 1. The van der Waals surface area contributed by atoms with Gasteiger partial charge in [-0.05, 0) is 111 Å².